The predicted molar refractivity (Wildman–Crippen MR) is 311 cm³/mol. The molecule has 0 spiro atoms. The van der Waals surface area contributed by atoms with E-state index in [-0.39, 0.29) is 0 Å². The van der Waals surface area contributed by atoms with Gasteiger partial charge in [-0.2, -0.15) is 0 Å². The van der Waals surface area contributed by atoms with Gasteiger partial charge in [-0.1, -0.05) is 237 Å². The Morgan fingerprint density at radius 2 is 0.589 bits per heavy atom. The van der Waals surface area contributed by atoms with Crippen LogP contribution in [0.5, 0.6) is 0 Å². The van der Waals surface area contributed by atoms with Gasteiger partial charge in [0.2, 0.25) is 0 Å². The van der Waals surface area contributed by atoms with Gasteiger partial charge >= 0.3 is 0 Å². The molecule has 0 fully saturated rings. The summed E-state index contributed by atoms with van der Waals surface area (Å²) in [6.07, 6.45) is 0. The summed E-state index contributed by atoms with van der Waals surface area (Å²) in [6, 6.07) is 98.1. The lowest BCUT2D eigenvalue weighted by atomic mass is 9.84. The summed E-state index contributed by atoms with van der Waals surface area (Å²) in [6.45, 7) is 0. The second-order valence-electron chi connectivity index (χ2n) is 19.4. The number of hydrogen-bond donors (Lipinski definition) is 0. The molecule has 1 heterocycles. The van der Waals surface area contributed by atoms with E-state index in [1.165, 1.54) is 131 Å². The van der Waals surface area contributed by atoms with Gasteiger partial charge in [0.15, 0.2) is 0 Å². The zero-order chi connectivity index (χ0) is 48.0. The van der Waals surface area contributed by atoms with Gasteiger partial charge in [-0.05, 0) is 162 Å². The Labute approximate surface area is 422 Å². The molecular weight excluding hydrogens is 881 g/mol. The fraction of sp³-hybridized carbons (Fsp3) is 0. The van der Waals surface area contributed by atoms with Gasteiger partial charge in [0.1, 0.15) is 11.2 Å². The van der Waals surface area contributed by atoms with Crippen molar-refractivity contribution in [3.05, 3.63) is 267 Å². The Kier molecular flexibility index (Phi) is 9.33. The molecule has 0 aliphatic carbocycles. The normalized spacial score (nSPS) is 11.8. The third kappa shape index (κ3) is 6.56. The summed E-state index contributed by atoms with van der Waals surface area (Å²) in [4.78, 5) is 0. The lowest BCUT2D eigenvalue weighted by Gasteiger charge is -2.19. The summed E-state index contributed by atoms with van der Waals surface area (Å²) in [5.74, 6) is 0. The molecule has 15 rings (SSSR count). The van der Waals surface area contributed by atoms with Crippen LogP contribution in [0.3, 0.4) is 0 Å². The summed E-state index contributed by atoms with van der Waals surface area (Å²) in [7, 11) is 0. The topological polar surface area (TPSA) is 13.1 Å². The van der Waals surface area contributed by atoms with E-state index in [2.05, 4.69) is 261 Å². The minimum atomic E-state index is 0.905. The molecule has 1 aromatic heterocycles. The lowest BCUT2D eigenvalue weighted by molar-refractivity contribution is 0.669. The molecule has 1 heteroatoms. The zero-order valence-electron chi connectivity index (χ0n) is 39.8. The third-order valence-electron chi connectivity index (χ3n) is 15.4. The van der Waals surface area contributed by atoms with E-state index in [4.69, 9.17) is 4.42 Å². The first kappa shape index (κ1) is 41.2. The molecule has 0 aliphatic heterocycles. The smallest absolute Gasteiger partial charge is 0.136 e. The molecule has 0 atom stereocenters. The first-order chi connectivity index (χ1) is 36.2. The average Bonchev–Trinajstić information content (AvgIpc) is 3.85. The molecule has 14 aromatic carbocycles. The van der Waals surface area contributed by atoms with Crippen LogP contribution in [0.1, 0.15) is 0 Å². The number of benzene rings is 14. The van der Waals surface area contributed by atoms with Gasteiger partial charge in [0.05, 0.1) is 0 Å². The average molecular weight is 925 g/mol. The van der Waals surface area contributed by atoms with Crippen molar-refractivity contribution < 1.29 is 4.42 Å². The molecule has 0 saturated carbocycles. The second kappa shape index (κ2) is 16.5. The van der Waals surface area contributed by atoms with E-state index in [0.29, 0.717) is 0 Å². The fourth-order valence-corrected chi connectivity index (χ4v) is 12.2. The van der Waals surface area contributed by atoms with Crippen LogP contribution in [0.4, 0.5) is 0 Å². The molecule has 0 radical (unpaired) electrons. The molecule has 0 unspecified atom stereocenters. The van der Waals surface area contributed by atoms with Crippen LogP contribution < -0.4 is 0 Å². The zero-order valence-corrected chi connectivity index (χ0v) is 39.8. The molecule has 338 valence electrons. The Morgan fingerprint density at radius 1 is 0.192 bits per heavy atom. The van der Waals surface area contributed by atoms with Crippen LogP contribution >= 0.6 is 0 Å². The third-order valence-corrected chi connectivity index (χ3v) is 15.4. The first-order valence-electron chi connectivity index (χ1n) is 25.2. The van der Waals surface area contributed by atoms with Crippen molar-refractivity contribution in [2.75, 3.05) is 0 Å². The Balaban J connectivity index is 0.812. The van der Waals surface area contributed by atoms with Crippen LogP contribution in [-0.2, 0) is 0 Å². The highest BCUT2D eigenvalue weighted by Gasteiger charge is 2.22. The molecule has 0 saturated heterocycles. The van der Waals surface area contributed by atoms with Gasteiger partial charge in [0.25, 0.3) is 0 Å². The number of fused-ring (bicyclic) bond motifs is 9. The quantitative estimate of drug-likeness (QED) is 0.151. The van der Waals surface area contributed by atoms with Crippen molar-refractivity contribution in [1.29, 1.82) is 0 Å². The molecular formula is C72H44O. The summed E-state index contributed by atoms with van der Waals surface area (Å²) in [5.41, 5.74) is 16.5. The van der Waals surface area contributed by atoms with Crippen molar-refractivity contribution in [2.24, 2.45) is 0 Å². The van der Waals surface area contributed by atoms with E-state index in [1.54, 1.807) is 0 Å². The highest BCUT2D eigenvalue weighted by atomic mass is 16.3. The van der Waals surface area contributed by atoms with Crippen LogP contribution in [0.25, 0.3) is 153 Å². The summed E-state index contributed by atoms with van der Waals surface area (Å²) in [5, 5.41) is 17.2. The molecule has 0 N–H and O–H groups in total. The van der Waals surface area contributed by atoms with Crippen molar-refractivity contribution in [1.82, 2.24) is 0 Å². The molecule has 15 aromatic rings. The number of rotatable bonds is 6. The number of furan rings is 1. The maximum atomic E-state index is 6.41. The number of hydrogen-bond acceptors (Lipinski definition) is 1. The lowest BCUT2D eigenvalue weighted by Crippen LogP contribution is -1.92. The van der Waals surface area contributed by atoms with E-state index in [0.717, 1.165) is 21.9 Å². The largest absolute Gasteiger partial charge is 0.456 e. The van der Waals surface area contributed by atoms with Gasteiger partial charge in [0, 0.05) is 10.8 Å². The molecule has 1 nitrogen and oxygen atoms in total. The Hall–Kier alpha value is -9.56. The van der Waals surface area contributed by atoms with Crippen LogP contribution in [0, 0.1) is 0 Å². The highest BCUT2D eigenvalue weighted by Crippen LogP contribution is 2.49. The SMILES string of the molecule is c1cc(-c2ccc3ccc(-c4ccc(-c5c6ccccc6c(-c6cccc7ccccc67)c6ccccc56)cc4)cc3c2)cc(-c2c3ccccc3c(-c3cccc4oc5ccccc5c34)c3ccccc23)c1. The highest BCUT2D eigenvalue weighted by molar-refractivity contribution is 6.26. The molecule has 0 aliphatic rings. The first-order valence-corrected chi connectivity index (χ1v) is 25.2. The second-order valence-corrected chi connectivity index (χ2v) is 19.4. The van der Waals surface area contributed by atoms with E-state index < -0.39 is 0 Å². The van der Waals surface area contributed by atoms with Crippen LogP contribution in [-0.4, -0.2) is 0 Å². The predicted octanol–water partition coefficient (Wildman–Crippen LogP) is 20.5. The standard InChI is InChI=1S/C72H44O/c1-2-20-54-47(16-1)17-14-30-55(54)70-60-25-7-3-21-56(60)68(57-22-4-8-26-61(57)70)48-38-34-45(35-39-48)50-40-36-46-37-41-51(44-53(46)43-50)49-18-13-19-52(42-49)69-58-23-5-9-27-62(58)71(63-28-10-6-24-59(63)69)65-31-15-33-67-72(65)64-29-11-12-32-66(64)73-67/h1-44H. The Bertz CT molecular complexity index is 4600. The van der Waals surface area contributed by atoms with Crippen molar-refractivity contribution >= 4 is 86.6 Å². The van der Waals surface area contributed by atoms with Gasteiger partial charge < -0.3 is 4.42 Å². The van der Waals surface area contributed by atoms with Gasteiger partial charge in [-0.3, -0.25) is 0 Å². The van der Waals surface area contributed by atoms with E-state index in [9.17, 15) is 0 Å². The minimum absolute atomic E-state index is 0.905. The van der Waals surface area contributed by atoms with Crippen LogP contribution in [0.15, 0.2) is 271 Å². The summed E-state index contributed by atoms with van der Waals surface area (Å²) < 4.78 is 6.41. The number of para-hydroxylation sites is 1. The maximum absolute atomic E-state index is 6.41. The Morgan fingerprint density at radius 3 is 1.22 bits per heavy atom. The maximum Gasteiger partial charge on any atom is 0.136 e. The van der Waals surface area contributed by atoms with E-state index in [1.807, 2.05) is 6.07 Å². The molecule has 0 bridgehead atoms. The van der Waals surface area contributed by atoms with Gasteiger partial charge in [-0.25, -0.2) is 0 Å². The van der Waals surface area contributed by atoms with Gasteiger partial charge in [-0.15, -0.1) is 0 Å². The summed E-state index contributed by atoms with van der Waals surface area (Å²) >= 11 is 0. The minimum Gasteiger partial charge on any atom is -0.456 e. The van der Waals surface area contributed by atoms with Crippen molar-refractivity contribution in [2.45, 2.75) is 0 Å². The van der Waals surface area contributed by atoms with Crippen molar-refractivity contribution in [3.8, 4) is 66.8 Å². The van der Waals surface area contributed by atoms with Crippen LogP contribution in [0.2, 0.25) is 0 Å². The monoisotopic (exact) mass is 924 g/mol. The fourth-order valence-electron chi connectivity index (χ4n) is 12.2. The van der Waals surface area contributed by atoms with E-state index >= 15 is 0 Å². The molecule has 0 amide bonds. The molecule has 73 heavy (non-hydrogen) atoms. The van der Waals surface area contributed by atoms with Crippen molar-refractivity contribution in [3.63, 3.8) is 0 Å².